The van der Waals surface area contributed by atoms with Crippen molar-refractivity contribution in [2.75, 3.05) is 0 Å². The lowest BCUT2D eigenvalue weighted by molar-refractivity contribution is -0.167. The molecule has 0 fully saturated rings. The van der Waals surface area contributed by atoms with E-state index in [1.165, 1.54) is 0 Å². The van der Waals surface area contributed by atoms with Crippen LogP contribution in [0.15, 0.2) is 54.6 Å². The second-order valence-corrected chi connectivity index (χ2v) is 8.19. The van der Waals surface area contributed by atoms with Gasteiger partial charge in [-0.1, -0.05) is 49.4 Å². The SMILES string of the molecule is C[C@@H](C(F)F)[C@H](NC(=O)c1ccc(-c2ccccc2)cc1)C(=O)NOC(=O)C(C)(C)C. The summed E-state index contributed by atoms with van der Waals surface area (Å²) in [5.41, 5.74) is 3.01. The standard InChI is InChI=1S/C23H26F2N2O4/c1-14(19(24)25)18(21(29)27-31-22(30)23(2,3)4)26-20(28)17-12-10-16(11-13-17)15-8-6-5-7-9-15/h5-14,18-19H,1-4H3,(H,26,28)(H,27,29)/t14-,18+/m1/s1. The molecule has 0 heterocycles. The zero-order valence-corrected chi connectivity index (χ0v) is 17.8. The minimum Gasteiger partial charge on any atom is -0.340 e. The van der Waals surface area contributed by atoms with Crippen LogP contribution in [-0.2, 0) is 14.4 Å². The number of amides is 2. The quantitative estimate of drug-likeness (QED) is 0.677. The smallest absolute Gasteiger partial charge is 0.337 e. The Hall–Kier alpha value is -3.29. The van der Waals surface area contributed by atoms with Crippen molar-refractivity contribution in [1.82, 2.24) is 10.8 Å². The number of halogens is 2. The van der Waals surface area contributed by atoms with Gasteiger partial charge in [-0.05, 0) is 44.0 Å². The van der Waals surface area contributed by atoms with Crippen LogP contribution >= 0.6 is 0 Å². The van der Waals surface area contributed by atoms with Crippen LogP contribution in [0.2, 0.25) is 0 Å². The van der Waals surface area contributed by atoms with E-state index in [9.17, 15) is 23.2 Å². The van der Waals surface area contributed by atoms with Gasteiger partial charge in [0.2, 0.25) is 6.43 Å². The molecule has 0 saturated heterocycles. The topological polar surface area (TPSA) is 84.5 Å². The molecule has 6 nitrogen and oxygen atoms in total. The van der Waals surface area contributed by atoms with E-state index in [1.807, 2.05) is 35.8 Å². The normalized spacial score (nSPS) is 13.3. The molecule has 2 atom stereocenters. The molecular weight excluding hydrogens is 406 g/mol. The lowest BCUT2D eigenvalue weighted by Gasteiger charge is -2.24. The number of nitrogens with one attached hydrogen (secondary N) is 2. The maximum atomic E-state index is 13.3. The van der Waals surface area contributed by atoms with E-state index < -0.39 is 41.6 Å². The van der Waals surface area contributed by atoms with Crippen LogP contribution in [0, 0.1) is 11.3 Å². The first-order chi connectivity index (χ1) is 14.5. The summed E-state index contributed by atoms with van der Waals surface area (Å²) in [4.78, 5) is 41.5. The molecule has 0 unspecified atom stereocenters. The van der Waals surface area contributed by atoms with Gasteiger partial charge in [0.05, 0.1) is 5.41 Å². The number of rotatable bonds is 6. The van der Waals surface area contributed by atoms with Gasteiger partial charge >= 0.3 is 5.97 Å². The molecular formula is C23H26F2N2O4. The van der Waals surface area contributed by atoms with Crippen LogP contribution in [0.3, 0.4) is 0 Å². The molecule has 0 aliphatic rings. The van der Waals surface area contributed by atoms with Crippen molar-refractivity contribution in [3.8, 4) is 11.1 Å². The molecule has 0 aromatic heterocycles. The van der Waals surface area contributed by atoms with Gasteiger partial charge in [-0.15, -0.1) is 0 Å². The Morgan fingerprint density at radius 1 is 0.903 bits per heavy atom. The molecule has 166 valence electrons. The summed E-state index contributed by atoms with van der Waals surface area (Å²) < 4.78 is 26.6. The summed E-state index contributed by atoms with van der Waals surface area (Å²) in [6.45, 7) is 5.84. The second-order valence-electron chi connectivity index (χ2n) is 8.19. The van der Waals surface area contributed by atoms with Gasteiger partial charge in [-0.2, -0.15) is 5.48 Å². The average molecular weight is 432 g/mol. The Morgan fingerprint density at radius 3 is 1.97 bits per heavy atom. The lowest BCUT2D eigenvalue weighted by Crippen LogP contribution is -2.52. The van der Waals surface area contributed by atoms with Gasteiger partial charge in [-0.3, -0.25) is 9.59 Å². The minimum absolute atomic E-state index is 0.200. The predicted octanol–water partition coefficient (Wildman–Crippen LogP) is 3.97. The summed E-state index contributed by atoms with van der Waals surface area (Å²) in [6.07, 6.45) is -2.88. The van der Waals surface area contributed by atoms with Gasteiger partial charge < -0.3 is 10.2 Å². The Morgan fingerprint density at radius 2 is 1.45 bits per heavy atom. The Kier molecular flexibility index (Phi) is 7.85. The van der Waals surface area contributed by atoms with E-state index in [1.54, 1.807) is 45.0 Å². The van der Waals surface area contributed by atoms with Crippen LogP contribution in [0.4, 0.5) is 8.78 Å². The van der Waals surface area contributed by atoms with Gasteiger partial charge in [-0.25, -0.2) is 13.6 Å². The number of hydrogen-bond donors (Lipinski definition) is 2. The van der Waals surface area contributed by atoms with E-state index in [2.05, 4.69) is 5.32 Å². The summed E-state index contributed by atoms with van der Waals surface area (Å²) in [6, 6.07) is 14.4. The zero-order valence-electron chi connectivity index (χ0n) is 17.8. The molecule has 2 aromatic rings. The van der Waals surface area contributed by atoms with Gasteiger partial charge in [0, 0.05) is 11.5 Å². The van der Waals surface area contributed by atoms with Crippen molar-refractivity contribution in [3.63, 3.8) is 0 Å². The highest BCUT2D eigenvalue weighted by Crippen LogP contribution is 2.20. The third kappa shape index (κ3) is 6.60. The number of carbonyl (C=O) groups is 3. The number of hydroxylamine groups is 1. The first-order valence-corrected chi connectivity index (χ1v) is 9.76. The molecule has 0 bridgehead atoms. The molecule has 31 heavy (non-hydrogen) atoms. The van der Waals surface area contributed by atoms with E-state index >= 15 is 0 Å². The molecule has 0 radical (unpaired) electrons. The van der Waals surface area contributed by atoms with Crippen molar-refractivity contribution in [2.24, 2.45) is 11.3 Å². The largest absolute Gasteiger partial charge is 0.340 e. The van der Waals surface area contributed by atoms with Gasteiger partial charge in [0.25, 0.3) is 11.8 Å². The molecule has 0 spiro atoms. The van der Waals surface area contributed by atoms with Crippen LogP contribution in [-0.4, -0.2) is 30.3 Å². The van der Waals surface area contributed by atoms with Crippen molar-refractivity contribution in [1.29, 1.82) is 0 Å². The molecule has 8 heteroatoms. The predicted molar refractivity (Wildman–Crippen MR) is 112 cm³/mol. The number of alkyl halides is 2. The first-order valence-electron chi connectivity index (χ1n) is 9.76. The highest BCUT2D eigenvalue weighted by atomic mass is 19.3. The molecule has 2 amide bonds. The second kappa shape index (κ2) is 10.1. The van der Waals surface area contributed by atoms with E-state index in [4.69, 9.17) is 4.84 Å². The fourth-order valence-corrected chi connectivity index (χ4v) is 2.56. The third-order valence-electron chi connectivity index (χ3n) is 4.60. The molecule has 0 saturated carbocycles. The van der Waals surface area contributed by atoms with E-state index in [0.717, 1.165) is 18.1 Å². The van der Waals surface area contributed by atoms with Gasteiger partial charge in [0.15, 0.2) is 0 Å². The highest BCUT2D eigenvalue weighted by molar-refractivity contribution is 5.98. The van der Waals surface area contributed by atoms with Gasteiger partial charge in [0.1, 0.15) is 6.04 Å². The van der Waals surface area contributed by atoms with Crippen LogP contribution in [0.5, 0.6) is 0 Å². The number of benzene rings is 2. The van der Waals surface area contributed by atoms with Crippen molar-refractivity contribution < 1.29 is 28.0 Å². The van der Waals surface area contributed by atoms with E-state index in [0.29, 0.717) is 0 Å². The van der Waals surface area contributed by atoms with Crippen molar-refractivity contribution in [3.05, 3.63) is 60.2 Å². The van der Waals surface area contributed by atoms with E-state index in [-0.39, 0.29) is 5.56 Å². The minimum atomic E-state index is -2.88. The Labute approximate surface area is 179 Å². The summed E-state index contributed by atoms with van der Waals surface area (Å²) >= 11 is 0. The molecule has 0 aliphatic carbocycles. The maximum Gasteiger partial charge on any atom is 0.337 e. The Bertz CT molecular complexity index is 909. The Balaban J connectivity index is 2.12. The fourth-order valence-electron chi connectivity index (χ4n) is 2.56. The average Bonchev–Trinajstić information content (AvgIpc) is 2.74. The molecule has 2 rings (SSSR count). The van der Waals surface area contributed by atoms with Crippen LogP contribution in [0.1, 0.15) is 38.1 Å². The maximum absolute atomic E-state index is 13.3. The molecule has 2 aromatic carbocycles. The first kappa shape index (κ1) is 24.0. The highest BCUT2D eigenvalue weighted by Gasteiger charge is 2.34. The van der Waals surface area contributed by atoms with Crippen LogP contribution < -0.4 is 10.8 Å². The summed E-state index contributed by atoms with van der Waals surface area (Å²) in [5, 5.41) is 2.31. The molecule has 2 N–H and O–H groups in total. The van der Waals surface area contributed by atoms with Crippen LogP contribution in [0.25, 0.3) is 11.1 Å². The summed E-state index contributed by atoms with van der Waals surface area (Å²) in [5.74, 6) is -4.00. The fraction of sp³-hybridized carbons (Fsp3) is 0.348. The zero-order chi connectivity index (χ0) is 23.2. The third-order valence-corrected chi connectivity index (χ3v) is 4.60. The van der Waals surface area contributed by atoms with Crippen molar-refractivity contribution in [2.45, 2.75) is 40.2 Å². The molecule has 0 aliphatic heterocycles. The number of carbonyl (C=O) groups excluding carboxylic acids is 3. The number of hydrogen-bond acceptors (Lipinski definition) is 4. The lowest BCUT2D eigenvalue weighted by atomic mass is 9.98. The monoisotopic (exact) mass is 432 g/mol. The summed E-state index contributed by atoms with van der Waals surface area (Å²) in [7, 11) is 0. The van der Waals surface area contributed by atoms with Crippen molar-refractivity contribution >= 4 is 17.8 Å².